The molecule has 0 saturated heterocycles. The predicted molar refractivity (Wildman–Crippen MR) is 61.6 cm³/mol. The number of carbonyl (C=O) groups excluding carboxylic acids is 1. The van der Waals surface area contributed by atoms with Crippen molar-refractivity contribution in [1.29, 1.82) is 0 Å². The molecule has 2 heteroatoms. The first kappa shape index (κ1) is 12.7. The van der Waals surface area contributed by atoms with Crippen molar-refractivity contribution >= 4 is 5.78 Å². The Morgan fingerprint density at radius 1 is 1.40 bits per heavy atom. The van der Waals surface area contributed by atoms with Crippen molar-refractivity contribution in [1.82, 2.24) is 0 Å². The number of rotatable bonds is 3. The van der Waals surface area contributed by atoms with Crippen LogP contribution in [0.2, 0.25) is 0 Å². The Labute approximate surface area is 93.1 Å². The van der Waals surface area contributed by atoms with E-state index >= 15 is 0 Å². The van der Waals surface area contributed by atoms with Crippen LogP contribution in [0.3, 0.4) is 0 Å². The number of hydrogen-bond acceptors (Lipinski definition) is 2. The van der Waals surface area contributed by atoms with Gasteiger partial charge in [0, 0.05) is 11.8 Å². The van der Waals surface area contributed by atoms with Crippen molar-refractivity contribution in [3.05, 3.63) is 0 Å². The van der Waals surface area contributed by atoms with Gasteiger partial charge in [-0.05, 0) is 39.0 Å². The first-order chi connectivity index (χ1) is 6.88. The Kier molecular flexibility index (Phi) is 3.93. The second kappa shape index (κ2) is 4.65. The van der Waals surface area contributed by atoms with Crippen molar-refractivity contribution in [2.45, 2.75) is 59.0 Å². The summed E-state index contributed by atoms with van der Waals surface area (Å²) in [5.74, 6) is 0.824. The maximum Gasteiger partial charge on any atom is 0.142 e. The first-order valence-corrected chi connectivity index (χ1v) is 6.14. The van der Waals surface area contributed by atoms with Gasteiger partial charge in [-0.1, -0.05) is 20.3 Å². The minimum Gasteiger partial charge on any atom is -0.390 e. The molecule has 1 saturated carbocycles. The number of ketones is 1. The van der Waals surface area contributed by atoms with Gasteiger partial charge in [-0.25, -0.2) is 0 Å². The van der Waals surface area contributed by atoms with Gasteiger partial charge >= 0.3 is 0 Å². The average Bonchev–Trinajstić information content (AvgIpc) is 2.09. The molecule has 1 fully saturated rings. The number of Topliss-reactive ketones (excluding diaryl/α,β-unsaturated/α-hetero) is 1. The number of hydrogen-bond donors (Lipinski definition) is 1. The third-order valence-electron chi connectivity index (χ3n) is 3.76. The molecule has 3 atom stereocenters. The topological polar surface area (TPSA) is 37.3 Å². The lowest BCUT2D eigenvalue weighted by Gasteiger charge is -2.38. The molecule has 0 aliphatic heterocycles. The third-order valence-corrected chi connectivity index (χ3v) is 3.76. The molecule has 0 heterocycles. The molecule has 0 radical (unpaired) electrons. The van der Waals surface area contributed by atoms with Crippen LogP contribution in [0.1, 0.15) is 53.4 Å². The molecule has 0 aromatic heterocycles. The summed E-state index contributed by atoms with van der Waals surface area (Å²) in [6.07, 6.45) is 3.96. The highest BCUT2D eigenvalue weighted by molar-refractivity contribution is 5.85. The Hall–Kier alpha value is -0.370. The van der Waals surface area contributed by atoms with Crippen LogP contribution in [-0.4, -0.2) is 16.5 Å². The molecule has 2 nitrogen and oxygen atoms in total. The summed E-state index contributed by atoms with van der Waals surface area (Å²) in [6, 6.07) is 0. The van der Waals surface area contributed by atoms with E-state index in [0.717, 1.165) is 25.7 Å². The third kappa shape index (κ3) is 2.81. The monoisotopic (exact) mass is 212 g/mol. The Morgan fingerprint density at radius 2 is 2.00 bits per heavy atom. The van der Waals surface area contributed by atoms with Gasteiger partial charge in [-0.3, -0.25) is 4.79 Å². The summed E-state index contributed by atoms with van der Waals surface area (Å²) in [5, 5.41) is 9.96. The Bertz CT molecular complexity index is 227. The minimum absolute atomic E-state index is 0.148. The molecule has 88 valence electrons. The fourth-order valence-corrected chi connectivity index (χ4v) is 2.75. The standard InChI is InChI=1S/C13H24O2/c1-5-6-10-9(2)7-8-11(12(10)14)13(3,4)15/h9-11,15H,5-8H2,1-4H3. The van der Waals surface area contributed by atoms with Gasteiger partial charge in [0.25, 0.3) is 0 Å². The normalized spacial score (nSPS) is 33.1. The molecule has 0 spiro atoms. The zero-order valence-electron chi connectivity index (χ0n) is 10.4. The second-order valence-corrected chi connectivity index (χ2v) is 5.56. The number of aliphatic hydroxyl groups is 1. The molecule has 15 heavy (non-hydrogen) atoms. The van der Waals surface area contributed by atoms with Crippen molar-refractivity contribution in [2.24, 2.45) is 17.8 Å². The van der Waals surface area contributed by atoms with Crippen LogP contribution in [0.25, 0.3) is 0 Å². The summed E-state index contributed by atoms with van der Waals surface area (Å²) in [5.41, 5.74) is -0.844. The Morgan fingerprint density at radius 3 is 2.47 bits per heavy atom. The minimum atomic E-state index is -0.844. The van der Waals surface area contributed by atoms with Crippen LogP contribution in [0.4, 0.5) is 0 Å². The van der Waals surface area contributed by atoms with Gasteiger partial charge < -0.3 is 5.11 Å². The first-order valence-electron chi connectivity index (χ1n) is 6.14. The van der Waals surface area contributed by atoms with Crippen LogP contribution >= 0.6 is 0 Å². The second-order valence-electron chi connectivity index (χ2n) is 5.56. The lowest BCUT2D eigenvalue weighted by molar-refractivity contribution is -0.140. The molecule has 0 bridgehead atoms. The van der Waals surface area contributed by atoms with E-state index in [1.165, 1.54) is 0 Å². The fraction of sp³-hybridized carbons (Fsp3) is 0.923. The highest BCUT2D eigenvalue weighted by atomic mass is 16.3. The SMILES string of the molecule is CCCC1C(=O)C(C(C)(C)O)CCC1C. The molecule has 0 amide bonds. The van der Waals surface area contributed by atoms with E-state index in [2.05, 4.69) is 13.8 Å². The molecule has 1 aliphatic carbocycles. The summed E-state index contributed by atoms with van der Waals surface area (Å²) in [4.78, 5) is 12.2. The fourth-order valence-electron chi connectivity index (χ4n) is 2.75. The molecule has 3 unspecified atom stereocenters. The Balaban J connectivity index is 2.77. The van der Waals surface area contributed by atoms with Gasteiger partial charge in [0.05, 0.1) is 5.60 Å². The van der Waals surface area contributed by atoms with E-state index < -0.39 is 5.60 Å². The molecular weight excluding hydrogens is 188 g/mol. The van der Waals surface area contributed by atoms with E-state index in [1.54, 1.807) is 13.8 Å². The van der Waals surface area contributed by atoms with Crippen molar-refractivity contribution in [3.8, 4) is 0 Å². The smallest absolute Gasteiger partial charge is 0.142 e. The molecular formula is C13H24O2. The maximum atomic E-state index is 12.2. The van der Waals surface area contributed by atoms with E-state index in [0.29, 0.717) is 11.7 Å². The van der Waals surface area contributed by atoms with Crippen LogP contribution in [0.15, 0.2) is 0 Å². The highest BCUT2D eigenvalue weighted by Gasteiger charge is 2.41. The molecule has 0 aromatic carbocycles. The van der Waals surface area contributed by atoms with Crippen molar-refractivity contribution < 1.29 is 9.90 Å². The zero-order chi connectivity index (χ0) is 11.6. The summed E-state index contributed by atoms with van der Waals surface area (Å²) in [7, 11) is 0. The quantitative estimate of drug-likeness (QED) is 0.781. The predicted octanol–water partition coefficient (Wildman–Crippen LogP) is 2.79. The molecule has 1 aliphatic rings. The lowest BCUT2D eigenvalue weighted by atomic mass is 9.67. The van der Waals surface area contributed by atoms with E-state index in [4.69, 9.17) is 0 Å². The van der Waals surface area contributed by atoms with Gasteiger partial charge in [0.1, 0.15) is 5.78 Å². The molecule has 1 rings (SSSR count). The summed E-state index contributed by atoms with van der Waals surface area (Å²) < 4.78 is 0. The van der Waals surface area contributed by atoms with Crippen molar-refractivity contribution in [3.63, 3.8) is 0 Å². The van der Waals surface area contributed by atoms with Gasteiger partial charge in [-0.15, -0.1) is 0 Å². The van der Waals surface area contributed by atoms with E-state index in [1.807, 2.05) is 0 Å². The van der Waals surface area contributed by atoms with E-state index in [9.17, 15) is 9.90 Å². The van der Waals surface area contributed by atoms with Gasteiger partial charge in [-0.2, -0.15) is 0 Å². The average molecular weight is 212 g/mol. The molecule has 0 aromatic rings. The van der Waals surface area contributed by atoms with Crippen molar-refractivity contribution in [2.75, 3.05) is 0 Å². The highest BCUT2D eigenvalue weighted by Crippen LogP contribution is 2.38. The van der Waals surface area contributed by atoms with E-state index in [-0.39, 0.29) is 11.8 Å². The summed E-state index contributed by atoms with van der Waals surface area (Å²) >= 11 is 0. The van der Waals surface area contributed by atoms with Gasteiger partial charge in [0.15, 0.2) is 0 Å². The molecule has 1 N–H and O–H groups in total. The summed E-state index contributed by atoms with van der Waals surface area (Å²) in [6.45, 7) is 7.80. The van der Waals surface area contributed by atoms with Gasteiger partial charge in [0.2, 0.25) is 0 Å². The van der Waals surface area contributed by atoms with Crippen LogP contribution < -0.4 is 0 Å². The van der Waals surface area contributed by atoms with Crippen LogP contribution in [-0.2, 0) is 4.79 Å². The van der Waals surface area contributed by atoms with Crippen LogP contribution in [0, 0.1) is 17.8 Å². The zero-order valence-corrected chi connectivity index (χ0v) is 10.4. The largest absolute Gasteiger partial charge is 0.390 e. The maximum absolute atomic E-state index is 12.2. The number of carbonyl (C=O) groups is 1. The van der Waals surface area contributed by atoms with Crippen LogP contribution in [0.5, 0.6) is 0 Å². The lowest BCUT2D eigenvalue weighted by Crippen LogP contribution is -2.44.